The van der Waals surface area contributed by atoms with Crippen molar-refractivity contribution in [2.45, 2.75) is 64.0 Å². The predicted molar refractivity (Wildman–Crippen MR) is 101 cm³/mol. The fraction of sp³-hybridized carbons (Fsp3) is 0.500. The molecule has 1 fully saturated rings. The van der Waals surface area contributed by atoms with Gasteiger partial charge in [0.2, 0.25) is 12.0 Å². The van der Waals surface area contributed by atoms with Crippen molar-refractivity contribution in [3.8, 4) is 0 Å². The molecular weight excluding hydrogens is 342 g/mol. The molecule has 7 heteroatoms. The molecule has 3 heterocycles. The van der Waals surface area contributed by atoms with Crippen LogP contribution in [-0.4, -0.2) is 25.7 Å². The molecule has 3 aromatic rings. The van der Waals surface area contributed by atoms with Crippen molar-refractivity contribution in [2.75, 3.05) is 0 Å². The summed E-state index contributed by atoms with van der Waals surface area (Å²) >= 11 is 0. The van der Waals surface area contributed by atoms with E-state index in [1.54, 1.807) is 0 Å². The van der Waals surface area contributed by atoms with Crippen LogP contribution in [0.15, 0.2) is 34.2 Å². The van der Waals surface area contributed by atoms with Crippen LogP contribution in [0.1, 0.15) is 69.1 Å². The quantitative estimate of drug-likeness (QED) is 0.694. The van der Waals surface area contributed by atoms with Crippen molar-refractivity contribution in [1.82, 2.24) is 20.0 Å². The van der Waals surface area contributed by atoms with Crippen LogP contribution >= 0.6 is 0 Å². The van der Waals surface area contributed by atoms with Crippen molar-refractivity contribution >= 4 is 16.6 Å². The topological polar surface area (TPSA) is 78.3 Å². The van der Waals surface area contributed by atoms with E-state index in [0.29, 0.717) is 18.4 Å². The van der Waals surface area contributed by atoms with E-state index in [1.165, 1.54) is 48.7 Å². The van der Waals surface area contributed by atoms with Crippen molar-refractivity contribution in [2.24, 2.45) is 5.16 Å². The zero-order valence-electron chi connectivity index (χ0n) is 15.7. The van der Waals surface area contributed by atoms with Crippen molar-refractivity contribution in [1.29, 1.82) is 0 Å². The Kier molecular flexibility index (Phi) is 3.77. The van der Waals surface area contributed by atoms with Gasteiger partial charge in [0.1, 0.15) is 0 Å². The van der Waals surface area contributed by atoms with Gasteiger partial charge in [-0.1, -0.05) is 37.1 Å². The van der Waals surface area contributed by atoms with Crippen LogP contribution in [-0.2, 0) is 16.9 Å². The van der Waals surface area contributed by atoms with Crippen LogP contribution in [0.4, 0.5) is 0 Å². The Morgan fingerprint density at radius 2 is 2.11 bits per heavy atom. The first-order valence-corrected chi connectivity index (χ1v) is 9.71. The highest BCUT2D eigenvalue weighted by Gasteiger charge is 2.41. The third-order valence-corrected chi connectivity index (χ3v) is 5.80. The smallest absolute Gasteiger partial charge is 0.262 e. The maximum Gasteiger partial charge on any atom is 0.262 e. The number of rotatable bonds is 4. The number of aryl methyl sites for hydroxylation is 1. The monoisotopic (exact) mass is 365 g/mol. The Morgan fingerprint density at radius 3 is 2.85 bits per heavy atom. The van der Waals surface area contributed by atoms with E-state index in [2.05, 4.69) is 45.2 Å². The highest BCUT2D eigenvalue weighted by molar-refractivity contribution is 6.04. The second-order valence-electron chi connectivity index (χ2n) is 7.70. The Morgan fingerprint density at radius 1 is 1.26 bits per heavy atom. The minimum Gasteiger partial charge on any atom is -0.424 e. The Balaban J connectivity index is 1.52. The lowest BCUT2D eigenvalue weighted by Gasteiger charge is -2.15. The third kappa shape index (κ3) is 2.64. The molecule has 27 heavy (non-hydrogen) atoms. The molecule has 1 atom stereocenters. The first-order chi connectivity index (χ1) is 13.2. The summed E-state index contributed by atoms with van der Waals surface area (Å²) in [6.45, 7) is 4.09. The van der Waals surface area contributed by atoms with E-state index in [0.717, 1.165) is 17.7 Å². The summed E-state index contributed by atoms with van der Waals surface area (Å²) < 4.78 is 7.59. The van der Waals surface area contributed by atoms with Gasteiger partial charge in [0.25, 0.3) is 5.89 Å². The predicted octanol–water partition coefficient (Wildman–Crippen LogP) is 4.14. The van der Waals surface area contributed by atoms with E-state index < -0.39 is 5.60 Å². The van der Waals surface area contributed by atoms with E-state index in [1.807, 2.05) is 6.92 Å². The number of fused-ring (bicyclic) bond motifs is 1. The molecule has 0 radical (unpaired) electrons. The van der Waals surface area contributed by atoms with Gasteiger partial charge in [-0.2, -0.15) is 5.10 Å². The molecule has 0 amide bonds. The highest BCUT2D eigenvalue weighted by Crippen LogP contribution is 2.37. The number of aromatic nitrogens is 4. The van der Waals surface area contributed by atoms with Gasteiger partial charge in [0.05, 0.1) is 23.0 Å². The van der Waals surface area contributed by atoms with Gasteiger partial charge in [-0.3, -0.25) is 4.68 Å². The van der Waals surface area contributed by atoms with Gasteiger partial charge in [0, 0.05) is 17.4 Å². The van der Waals surface area contributed by atoms with Crippen LogP contribution in [0.3, 0.4) is 0 Å². The average molecular weight is 365 g/mol. The summed E-state index contributed by atoms with van der Waals surface area (Å²) in [5.74, 6) is 0.451. The first-order valence-electron chi connectivity index (χ1n) is 9.71. The largest absolute Gasteiger partial charge is 0.424 e. The molecule has 1 aliphatic heterocycles. The number of hydrogen-bond acceptors (Lipinski definition) is 6. The molecule has 0 spiro atoms. The van der Waals surface area contributed by atoms with Gasteiger partial charge in [-0.05, 0) is 32.3 Å². The summed E-state index contributed by atoms with van der Waals surface area (Å²) in [6, 6.07) is 7.01. The molecule has 2 aromatic heterocycles. The molecule has 140 valence electrons. The molecule has 2 aliphatic rings. The van der Waals surface area contributed by atoms with Crippen LogP contribution in [0.2, 0.25) is 0 Å². The summed E-state index contributed by atoms with van der Waals surface area (Å²) in [6.07, 6.45) is 7.85. The van der Waals surface area contributed by atoms with Crippen molar-refractivity contribution < 1.29 is 9.25 Å². The molecule has 0 bridgehead atoms. The fourth-order valence-electron chi connectivity index (χ4n) is 4.28. The van der Waals surface area contributed by atoms with E-state index in [-0.39, 0.29) is 0 Å². The third-order valence-electron chi connectivity index (χ3n) is 5.80. The molecule has 1 aliphatic carbocycles. The van der Waals surface area contributed by atoms with Crippen LogP contribution in [0.25, 0.3) is 10.9 Å². The maximum absolute atomic E-state index is 5.69. The molecule has 1 unspecified atom stereocenters. The fourth-order valence-corrected chi connectivity index (χ4v) is 4.28. The molecule has 5 rings (SSSR count). The second kappa shape index (κ2) is 6.18. The summed E-state index contributed by atoms with van der Waals surface area (Å²) in [4.78, 5) is 5.69. The Bertz CT molecular complexity index is 1000. The SMILES string of the molecule is CCc1nn(C2CCCC2)c2cc(C3=NOC(C)(c4nnco4)C3)ccc12. The lowest BCUT2D eigenvalue weighted by Crippen LogP contribution is -2.22. The first kappa shape index (κ1) is 16.5. The van der Waals surface area contributed by atoms with Crippen molar-refractivity contribution in [3.63, 3.8) is 0 Å². The number of nitrogens with zero attached hydrogens (tertiary/aromatic N) is 5. The molecule has 1 aromatic carbocycles. The van der Waals surface area contributed by atoms with Crippen LogP contribution < -0.4 is 0 Å². The Hall–Kier alpha value is -2.70. The van der Waals surface area contributed by atoms with E-state index >= 15 is 0 Å². The lowest BCUT2D eigenvalue weighted by molar-refractivity contribution is -0.0279. The van der Waals surface area contributed by atoms with Gasteiger partial charge in [-0.15, -0.1) is 10.2 Å². The number of oxime groups is 1. The second-order valence-corrected chi connectivity index (χ2v) is 7.70. The standard InChI is InChI=1S/C20H23N5O2/c1-3-16-15-9-8-13(10-18(15)25(23-16)14-6-4-5-7-14)17-11-20(2,27-24-17)19-22-21-12-26-19/h8-10,12,14H,3-7,11H2,1-2H3. The zero-order chi connectivity index (χ0) is 18.4. The molecule has 7 nitrogen and oxygen atoms in total. The van der Waals surface area contributed by atoms with Gasteiger partial charge < -0.3 is 9.25 Å². The molecule has 0 saturated heterocycles. The number of benzene rings is 1. The normalized spacial score (nSPS) is 23.1. The molecule has 1 saturated carbocycles. The summed E-state index contributed by atoms with van der Waals surface area (Å²) in [5, 5.41) is 18.3. The minimum absolute atomic E-state index is 0.451. The Labute approximate surface area is 157 Å². The minimum atomic E-state index is -0.707. The highest BCUT2D eigenvalue weighted by atomic mass is 16.7. The van der Waals surface area contributed by atoms with Gasteiger partial charge >= 0.3 is 0 Å². The lowest BCUT2D eigenvalue weighted by atomic mass is 9.95. The van der Waals surface area contributed by atoms with E-state index in [9.17, 15) is 0 Å². The van der Waals surface area contributed by atoms with Gasteiger partial charge in [0.15, 0.2) is 0 Å². The zero-order valence-corrected chi connectivity index (χ0v) is 15.7. The number of hydrogen-bond donors (Lipinski definition) is 0. The maximum atomic E-state index is 5.69. The average Bonchev–Trinajstić information content (AvgIpc) is 3.45. The van der Waals surface area contributed by atoms with Gasteiger partial charge in [-0.25, -0.2) is 0 Å². The summed E-state index contributed by atoms with van der Waals surface area (Å²) in [5.41, 5.74) is 3.62. The summed E-state index contributed by atoms with van der Waals surface area (Å²) in [7, 11) is 0. The van der Waals surface area contributed by atoms with Crippen LogP contribution in [0, 0.1) is 0 Å². The van der Waals surface area contributed by atoms with Crippen molar-refractivity contribution in [3.05, 3.63) is 41.7 Å². The van der Waals surface area contributed by atoms with E-state index in [4.69, 9.17) is 14.4 Å². The molecule has 0 N–H and O–H groups in total. The van der Waals surface area contributed by atoms with Crippen LogP contribution in [0.5, 0.6) is 0 Å². The molecular formula is C20H23N5O2.